The van der Waals surface area contributed by atoms with Crippen molar-refractivity contribution in [3.63, 3.8) is 0 Å². The number of halogens is 2. The Morgan fingerprint density at radius 3 is 2.02 bits per heavy atom. The highest BCUT2D eigenvalue weighted by molar-refractivity contribution is 9.10. The van der Waals surface area contributed by atoms with Crippen LogP contribution < -0.4 is 9.62 Å². The van der Waals surface area contributed by atoms with Crippen LogP contribution in [0.5, 0.6) is 0 Å². The molecule has 45 heavy (non-hydrogen) atoms. The van der Waals surface area contributed by atoms with Crippen molar-refractivity contribution < 1.29 is 22.4 Å². The monoisotopic (exact) mass is 693 g/mol. The van der Waals surface area contributed by atoms with Crippen molar-refractivity contribution in [1.82, 2.24) is 10.2 Å². The first-order valence-electron chi connectivity index (χ1n) is 14.5. The van der Waals surface area contributed by atoms with E-state index in [-0.39, 0.29) is 23.5 Å². The SMILES string of the molecule is Cc1ccc(S(=O)(=O)N(CC(=O)N(Cc2ccc(F)cc2)[C@H](Cc2ccccc2)C(=O)NC(C)(C)C)c2ccc(Br)cc2)cc1. The molecule has 0 heterocycles. The van der Waals surface area contributed by atoms with Crippen LogP contribution in [0, 0.1) is 12.7 Å². The molecule has 0 aliphatic heterocycles. The molecule has 4 rings (SSSR count). The van der Waals surface area contributed by atoms with Gasteiger partial charge in [-0.25, -0.2) is 12.8 Å². The van der Waals surface area contributed by atoms with Crippen molar-refractivity contribution in [2.45, 2.75) is 57.1 Å². The zero-order chi connectivity index (χ0) is 32.8. The Kier molecular flexibility index (Phi) is 10.8. The Bertz CT molecular complexity index is 1710. The molecule has 0 bridgehead atoms. The average Bonchev–Trinajstić information content (AvgIpc) is 2.99. The number of carbonyl (C=O) groups is 2. The van der Waals surface area contributed by atoms with Crippen LogP contribution in [-0.4, -0.2) is 43.3 Å². The van der Waals surface area contributed by atoms with Gasteiger partial charge < -0.3 is 10.2 Å². The average molecular weight is 695 g/mol. The molecule has 1 atom stereocenters. The van der Waals surface area contributed by atoms with E-state index in [2.05, 4.69) is 21.2 Å². The van der Waals surface area contributed by atoms with Gasteiger partial charge in [-0.15, -0.1) is 0 Å². The van der Waals surface area contributed by atoms with Crippen molar-refractivity contribution >= 4 is 43.5 Å². The van der Waals surface area contributed by atoms with Crippen molar-refractivity contribution in [2.75, 3.05) is 10.8 Å². The number of hydrogen-bond acceptors (Lipinski definition) is 4. The Morgan fingerprint density at radius 2 is 1.44 bits per heavy atom. The summed E-state index contributed by atoms with van der Waals surface area (Å²) in [6.45, 7) is 6.77. The van der Waals surface area contributed by atoms with Crippen molar-refractivity contribution in [1.29, 1.82) is 0 Å². The lowest BCUT2D eigenvalue weighted by Crippen LogP contribution is -2.56. The number of nitrogens with zero attached hydrogens (tertiary/aromatic N) is 2. The van der Waals surface area contributed by atoms with Crippen LogP contribution in [-0.2, 0) is 32.6 Å². The standard InChI is InChI=1S/C35H37BrFN3O4S/c1-25-10-20-31(21-11-25)45(43,44)40(30-18-14-28(36)15-19-30)24-33(41)39(23-27-12-16-29(37)17-13-27)32(34(42)38-35(2,3)4)22-26-8-6-5-7-9-26/h5-21,32H,22-24H2,1-4H3,(H,38,42)/t32-/m1/s1. The summed E-state index contributed by atoms with van der Waals surface area (Å²) in [7, 11) is -4.20. The van der Waals surface area contributed by atoms with Gasteiger partial charge in [0.15, 0.2) is 0 Å². The molecule has 10 heteroatoms. The Morgan fingerprint density at radius 1 is 0.844 bits per heavy atom. The third-order valence-electron chi connectivity index (χ3n) is 7.04. The Balaban J connectivity index is 1.81. The second-order valence-electron chi connectivity index (χ2n) is 11.9. The first kappa shape index (κ1) is 33.9. The van der Waals surface area contributed by atoms with Gasteiger partial charge in [0.25, 0.3) is 10.0 Å². The Labute approximate surface area is 273 Å². The molecule has 0 aliphatic rings. The maximum atomic E-state index is 14.5. The molecule has 0 unspecified atom stereocenters. The van der Waals surface area contributed by atoms with E-state index in [0.29, 0.717) is 5.56 Å². The van der Waals surface area contributed by atoms with E-state index in [0.717, 1.165) is 19.9 Å². The minimum Gasteiger partial charge on any atom is -0.350 e. The molecule has 1 N–H and O–H groups in total. The van der Waals surface area contributed by atoms with Crippen LogP contribution in [0.2, 0.25) is 0 Å². The lowest BCUT2D eigenvalue weighted by Gasteiger charge is -2.35. The van der Waals surface area contributed by atoms with Gasteiger partial charge in [0, 0.05) is 23.0 Å². The number of benzene rings is 4. The molecule has 4 aromatic carbocycles. The molecule has 0 fully saturated rings. The van der Waals surface area contributed by atoms with Gasteiger partial charge in [-0.3, -0.25) is 13.9 Å². The third-order valence-corrected chi connectivity index (χ3v) is 9.35. The fourth-order valence-corrected chi connectivity index (χ4v) is 6.45. The number of amides is 2. The normalized spacial score (nSPS) is 12.3. The summed E-state index contributed by atoms with van der Waals surface area (Å²) in [6.07, 6.45) is 0.179. The smallest absolute Gasteiger partial charge is 0.264 e. The van der Waals surface area contributed by atoms with Crippen LogP contribution >= 0.6 is 15.9 Å². The topological polar surface area (TPSA) is 86.8 Å². The highest BCUT2D eigenvalue weighted by atomic mass is 79.9. The highest BCUT2D eigenvalue weighted by Crippen LogP contribution is 2.27. The molecule has 236 valence electrons. The molecular formula is C35H37BrFN3O4S. The van der Waals surface area contributed by atoms with Crippen LogP contribution in [0.4, 0.5) is 10.1 Å². The zero-order valence-electron chi connectivity index (χ0n) is 25.7. The van der Waals surface area contributed by atoms with Crippen molar-refractivity contribution in [3.05, 3.63) is 130 Å². The molecule has 0 saturated heterocycles. The van der Waals surface area contributed by atoms with Crippen LogP contribution in [0.15, 0.2) is 112 Å². The maximum absolute atomic E-state index is 14.5. The first-order chi connectivity index (χ1) is 21.2. The van der Waals surface area contributed by atoms with Gasteiger partial charge in [0.2, 0.25) is 11.8 Å². The second kappa shape index (κ2) is 14.4. The molecule has 0 radical (unpaired) electrons. The summed E-state index contributed by atoms with van der Waals surface area (Å²) >= 11 is 3.39. The molecule has 0 saturated carbocycles. The van der Waals surface area contributed by atoms with Crippen LogP contribution in [0.3, 0.4) is 0 Å². The number of rotatable bonds is 11. The zero-order valence-corrected chi connectivity index (χ0v) is 28.1. The number of nitrogens with one attached hydrogen (secondary N) is 1. The Hall–Kier alpha value is -4.02. The quantitative estimate of drug-likeness (QED) is 0.191. The van der Waals surface area contributed by atoms with Crippen LogP contribution in [0.25, 0.3) is 0 Å². The predicted molar refractivity (Wildman–Crippen MR) is 179 cm³/mol. The summed E-state index contributed by atoms with van der Waals surface area (Å²) in [5, 5.41) is 2.99. The predicted octanol–water partition coefficient (Wildman–Crippen LogP) is 6.65. The minimum atomic E-state index is -4.20. The minimum absolute atomic E-state index is 0.0280. The number of hydrogen-bond donors (Lipinski definition) is 1. The van der Waals surface area contributed by atoms with E-state index >= 15 is 0 Å². The molecule has 0 aliphatic carbocycles. The van der Waals surface area contributed by atoms with E-state index in [1.54, 1.807) is 48.5 Å². The van der Waals surface area contributed by atoms with E-state index in [1.807, 2.05) is 58.0 Å². The molecule has 0 aromatic heterocycles. The number of anilines is 1. The van der Waals surface area contributed by atoms with Gasteiger partial charge >= 0.3 is 0 Å². The van der Waals surface area contributed by atoms with E-state index < -0.39 is 45.8 Å². The summed E-state index contributed by atoms with van der Waals surface area (Å²) in [5.74, 6) is -1.42. The van der Waals surface area contributed by atoms with Crippen LogP contribution in [0.1, 0.15) is 37.5 Å². The number of aryl methyl sites for hydroxylation is 1. The maximum Gasteiger partial charge on any atom is 0.264 e. The molecule has 2 amide bonds. The van der Waals surface area contributed by atoms with Gasteiger partial charge in [-0.2, -0.15) is 0 Å². The fourth-order valence-electron chi connectivity index (χ4n) is 4.77. The fraction of sp³-hybridized carbons (Fsp3) is 0.257. The number of sulfonamides is 1. The first-order valence-corrected chi connectivity index (χ1v) is 16.7. The molecular weight excluding hydrogens is 657 g/mol. The van der Waals surface area contributed by atoms with E-state index in [9.17, 15) is 22.4 Å². The summed E-state index contributed by atoms with van der Waals surface area (Å²) < 4.78 is 43.8. The van der Waals surface area contributed by atoms with Gasteiger partial charge in [-0.05, 0) is 87.4 Å². The lowest BCUT2D eigenvalue weighted by molar-refractivity contribution is -0.140. The summed E-state index contributed by atoms with van der Waals surface area (Å²) in [4.78, 5) is 29.8. The van der Waals surface area contributed by atoms with Gasteiger partial charge in [0.05, 0.1) is 10.6 Å². The van der Waals surface area contributed by atoms with Crippen molar-refractivity contribution in [2.24, 2.45) is 0 Å². The van der Waals surface area contributed by atoms with Crippen molar-refractivity contribution in [3.8, 4) is 0 Å². The van der Waals surface area contributed by atoms with Gasteiger partial charge in [-0.1, -0.05) is 76.1 Å². The molecule has 0 spiro atoms. The molecule has 4 aromatic rings. The summed E-state index contributed by atoms with van der Waals surface area (Å²) in [6, 6.07) is 27.0. The van der Waals surface area contributed by atoms with E-state index in [4.69, 9.17) is 0 Å². The molecule has 7 nitrogen and oxygen atoms in total. The van der Waals surface area contributed by atoms with Gasteiger partial charge in [0.1, 0.15) is 18.4 Å². The van der Waals surface area contributed by atoms with E-state index in [1.165, 1.54) is 29.2 Å². The summed E-state index contributed by atoms with van der Waals surface area (Å²) in [5.41, 5.74) is 1.98. The highest BCUT2D eigenvalue weighted by Gasteiger charge is 2.35. The third kappa shape index (κ3) is 9.25. The number of carbonyl (C=O) groups excluding carboxylic acids is 2. The largest absolute Gasteiger partial charge is 0.350 e. The second-order valence-corrected chi connectivity index (χ2v) is 14.7. The lowest BCUT2D eigenvalue weighted by atomic mass is 10.0.